The second-order valence-electron chi connectivity index (χ2n) is 4.60. The second kappa shape index (κ2) is 10.4. The number of nitrogens with two attached hydrogens (primary N) is 1. The molecular formula is C13H28N2O2. The van der Waals surface area contributed by atoms with Crippen molar-refractivity contribution < 1.29 is 9.63 Å². The van der Waals surface area contributed by atoms with Crippen molar-refractivity contribution in [2.45, 2.75) is 59.3 Å². The predicted molar refractivity (Wildman–Crippen MR) is 70.5 cm³/mol. The Hall–Kier alpha value is -0.770. The monoisotopic (exact) mass is 244 g/mol. The first-order valence-corrected chi connectivity index (χ1v) is 6.85. The minimum Gasteiger partial charge on any atom is -0.357 e. The van der Waals surface area contributed by atoms with Crippen LogP contribution in [0.2, 0.25) is 0 Å². The van der Waals surface area contributed by atoms with Crippen molar-refractivity contribution in [3.8, 4) is 0 Å². The molecule has 2 N–H and O–H groups in total. The summed E-state index contributed by atoms with van der Waals surface area (Å²) in [5, 5.41) is 0. The average molecular weight is 244 g/mol. The summed E-state index contributed by atoms with van der Waals surface area (Å²) in [4.78, 5) is 17.6. The Balaban J connectivity index is 4.21. The summed E-state index contributed by atoms with van der Waals surface area (Å²) in [6.45, 7) is 7.99. The number of nitrogens with zero attached hydrogens (tertiary/aromatic N) is 1. The Bertz CT molecular complexity index is 198. The number of hydrogen-bond donors (Lipinski definition) is 1. The molecule has 0 aliphatic rings. The number of amides is 1. The van der Waals surface area contributed by atoms with Gasteiger partial charge < -0.3 is 9.74 Å². The summed E-state index contributed by atoms with van der Waals surface area (Å²) in [5.74, 6) is 5.53. The molecule has 4 nitrogen and oxygen atoms in total. The van der Waals surface area contributed by atoms with Crippen molar-refractivity contribution in [2.75, 3.05) is 13.1 Å². The molecule has 0 fully saturated rings. The molecule has 0 aliphatic heterocycles. The van der Waals surface area contributed by atoms with Gasteiger partial charge in [-0.3, -0.25) is 0 Å². The van der Waals surface area contributed by atoms with Gasteiger partial charge in [0.15, 0.2) is 0 Å². The first-order chi connectivity index (χ1) is 8.19. The van der Waals surface area contributed by atoms with E-state index < -0.39 is 6.09 Å². The summed E-state index contributed by atoms with van der Waals surface area (Å²) in [5.41, 5.74) is 0. The number of carbonyl (C=O) groups excluding carboxylic acids is 1. The van der Waals surface area contributed by atoms with E-state index in [1.165, 1.54) is 19.3 Å². The lowest BCUT2D eigenvalue weighted by Crippen LogP contribution is -2.37. The van der Waals surface area contributed by atoms with E-state index in [1.807, 2.05) is 0 Å². The van der Waals surface area contributed by atoms with Gasteiger partial charge in [-0.05, 0) is 18.8 Å². The van der Waals surface area contributed by atoms with Gasteiger partial charge >= 0.3 is 6.09 Å². The Labute approximate surface area is 105 Å². The van der Waals surface area contributed by atoms with Crippen LogP contribution in [0.3, 0.4) is 0 Å². The molecule has 17 heavy (non-hydrogen) atoms. The van der Waals surface area contributed by atoms with Gasteiger partial charge in [-0.1, -0.05) is 46.5 Å². The number of rotatable bonds is 9. The van der Waals surface area contributed by atoms with Gasteiger partial charge in [0.2, 0.25) is 0 Å². The molecule has 1 atom stereocenters. The summed E-state index contributed by atoms with van der Waals surface area (Å²) in [7, 11) is 0. The highest BCUT2D eigenvalue weighted by atomic mass is 16.7. The zero-order valence-electron chi connectivity index (χ0n) is 11.6. The van der Waals surface area contributed by atoms with Gasteiger partial charge in [0.25, 0.3) is 0 Å². The van der Waals surface area contributed by atoms with Crippen LogP contribution in [-0.4, -0.2) is 24.1 Å². The molecule has 0 aromatic carbocycles. The van der Waals surface area contributed by atoms with E-state index in [9.17, 15) is 4.79 Å². The summed E-state index contributed by atoms with van der Waals surface area (Å²) in [6.07, 6.45) is 6.37. The fourth-order valence-corrected chi connectivity index (χ4v) is 1.91. The number of hydrogen-bond acceptors (Lipinski definition) is 3. The van der Waals surface area contributed by atoms with E-state index in [2.05, 4.69) is 25.6 Å². The molecule has 0 saturated carbocycles. The quantitative estimate of drug-likeness (QED) is 0.633. The van der Waals surface area contributed by atoms with Crippen molar-refractivity contribution in [1.82, 2.24) is 4.90 Å². The van der Waals surface area contributed by atoms with Crippen molar-refractivity contribution in [2.24, 2.45) is 11.8 Å². The van der Waals surface area contributed by atoms with Gasteiger partial charge in [0.1, 0.15) is 0 Å². The van der Waals surface area contributed by atoms with Crippen molar-refractivity contribution in [1.29, 1.82) is 0 Å². The summed E-state index contributed by atoms with van der Waals surface area (Å²) < 4.78 is 0. The van der Waals surface area contributed by atoms with Crippen LogP contribution >= 0.6 is 0 Å². The second-order valence-corrected chi connectivity index (χ2v) is 4.60. The fraction of sp³-hybridized carbons (Fsp3) is 0.923. The Morgan fingerprint density at radius 3 is 2.35 bits per heavy atom. The molecule has 102 valence electrons. The zero-order chi connectivity index (χ0) is 13.1. The van der Waals surface area contributed by atoms with Crippen molar-refractivity contribution in [3.63, 3.8) is 0 Å². The third-order valence-electron chi connectivity index (χ3n) is 3.16. The maximum Gasteiger partial charge on any atom is 0.428 e. The highest BCUT2D eigenvalue weighted by Gasteiger charge is 2.18. The van der Waals surface area contributed by atoms with Gasteiger partial charge in [-0.25, -0.2) is 4.79 Å². The summed E-state index contributed by atoms with van der Waals surface area (Å²) in [6, 6.07) is 0. The number of unbranched alkanes of at least 4 members (excludes halogenated alkanes) is 2. The van der Waals surface area contributed by atoms with Gasteiger partial charge in [0.05, 0.1) is 0 Å². The first kappa shape index (κ1) is 16.2. The van der Waals surface area contributed by atoms with E-state index in [1.54, 1.807) is 4.90 Å². The van der Waals surface area contributed by atoms with E-state index >= 15 is 0 Å². The van der Waals surface area contributed by atoms with Crippen molar-refractivity contribution in [3.05, 3.63) is 0 Å². The van der Waals surface area contributed by atoms with Crippen LogP contribution in [0.25, 0.3) is 0 Å². The lowest BCUT2D eigenvalue weighted by Gasteiger charge is -2.25. The third kappa shape index (κ3) is 7.21. The Kier molecular flexibility index (Phi) is 9.92. The van der Waals surface area contributed by atoms with E-state index in [0.29, 0.717) is 5.92 Å². The van der Waals surface area contributed by atoms with Crippen LogP contribution in [0.4, 0.5) is 4.79 Å². The molecule has 0 heterocycles. The zero-order valence-corrected chi connectivity index (χ0v) is 11.6. The molecular weight excluding hydrogens is 216 g/mol. The highest BCUT2D eigenvalue weighted by molar-refractivity contribution is 5.67. The number of carbonyl (C=O) groups is 1. The maximum atomic E-state index is 11.5. The minimum atomic E-state index is -0.395. The van der Waals surface area contributed by atoms with Crippen LogP contribution in [0, 0.1) is 5.92 Å². The standard InChI is InChI=1S/C13H28N2O2/c1-4-7-9-12(6-3)11-15(10-8-5-2)13(16)17-14/h12H,4-11,14H2,1-3H3. The third-order valence-corrected chi connectivity index (χ3v) is 3.16. The predicted octanol–water partition coefficient (Wildman–Crippen LogP) is 3.32. The molecule has 0 bridgehead atoms. The van der Waals surface area contributed by atoms with Crippen LogP contribution in [0.1, 0.15) is 59.3 Å². The molecule has 0 radical (unpaired) electrons. The smallest absolute Gasteiger partial charge is 0.357 e. The largest absolute Gasteiger partial charge is 0.428 e. The molecule has 0 aliphatic carbocycles. The molecule has 0 spiro atoms. The Morgan fingerprint density at radius 1 is 1.24 bits per heavy atom. The molecule has 0 aromatic rings. The molecule has 0 saturated heterocycles. The van der Waals surface area contributed by atoms with Crippen LogP contribution in [-0.2, 0) is 4.84 Å². The summed E-state index contributed by atoms with van der Waals surface area (Å²) >= 11 is 0. The van der Waals surface area contributed by atoms with E-state index in [4.69, 9.17) is 5.90 Å². The minimum absolute atomic E-state index is 0.395. The SMILES string of the molecule is CCCCC(CC)CN(CCCC)C(=O)ON. The fourth-order valence-electron chi connectivity index (χ4n) is 1.91. The van der Waals surface area contributed by atoms with Gasteiger partial charge in [-0.15, -0.1) is 0 Å². The lowest BCUT2D eigenvalue weighted by molar-refractivity contribution is 0.0946. The van der Waals surface area contributed by atoms with Gasteiger partial charge in [-0.2, -0.15) is 5.90 Å². The highest BCUT2D eigenvalue weighted by Crippen LogP contribution is 2.15. The normalized spacial score (nSPS) is 12.2. The van der Waals surface area contributed by atoms with Gasteiger partial charge in [0, 0.05) is 13.1 Å². The lowest BCUT2D eigenvalue weighted by atomic mass is 9.99. The topological polar surface area (TPSA) is 55.6 Å². The Morgan fingerprint density at radius 2 is 1.88 bits per heavy atom. The molecule has 1 amide bonds. The molecule has 4 heteroatoms. The van der Waals surface area contributed by atoms with E-state index in [-0.39, 0.29) is 0 Å². The molecule has 1 unspecified atom stereocenters. The molecule has 0 rings (SSSR count). The first-order valence-electron chi connectivity index (χ1n) is 6.85. The molecule has 0 aromatic heterocycles. The van der Waals surface area contributed by atoms with E-state index in [0.717, 1.165) is 32.4 Å². The van der Waals surface area contributed by atoms with Crippen molar-refractivity contribution >= 4 is 6.09 Å². The van der Waals surface area contributed by atoms with Crippen LogP contribution in [0.15, 0.2) is 0 Å². The van der Waals surface area contributed by atoms with Crippen LogP contribution in [0.5, 0.6) is 0 Å². The average Bonchev–Trinajstić information content (AvgIpc) is 2.37. The maximum absolute atomic E-state index is 11.5. The van der Waals surface area contributed by atoms with Crippen LogP contribution < -0.4 is 5.90 Å².